The van der Waals surface area contributed by atoms with Gasteiger partial charge in [0.15, 0.2) is 9.84 Å². The normalized spacial score (nSPS) is 11.4. The van der Waals surface area contributed by atoms with Crippen molar-refractivity contribution in [3.05, 3.63) is 42.2 Å². The minimum Gasteiger partial charge on any atom is -0.325 e. The highest BCUT2D eigenvalue weighted by Gasteiger charge is 2.12. The molecule has 18 heavy (non-hydrogen) atoms. The maximum Gasteiger partial charge on any atom is 0.175 e. The molecular weight excluding hydrogens is 250 g/mol. The van der Waals surface area contributed by atoms with E-state index < -0.39 is 9.84 Å². The number of sulfone groups is 1. The molecule has 0 aliphatic rings. The van der Waals surface area contributed by atoms with Gasteiger partial charge in [0.1, 0.15) is 0 Å². The molecule has 0 saturated carbocycles. The van der Waals surface area contributed by atoms with Gasteiger partial charge in [-0.1, -0.05) is 6.07 Å². The third-order valence-electron chi connectivity index (χ3n) is 2.42. The van der Waals surface area contributed by atoms with Crippen molar-refractivity contribution in [3.63, 3.8) is 0 Å². The van der Waals surface area contributed by atoms with E-state index in [0.29, 0.717) is 17.1 Å². The predicted octanol–water partition coefficient (Wildman–Crippen LogP) is 1.01. The lowest BCUT2D eigenvalue weighted by atomic mass is 10.2. The molecule has 2 rings (SSSR count). The van der Waals surface area contributed by atoms with Gasteiger partial charge in [0.25, 0.3) is 0 Å². The predicted molar refractivity (Wildman–Crippen MR) is 68.5 cm³/mol. The van der Waals surface area contributed by atoms with Gasteiger partial charge >= 0.3 is 0 Å². The standard InChI is InChI=1S/C12H13N3O2S/c1-18(16,17)10-6-9(8-13)15-12(7-10)11-4-2-3-5-14-11/h2-7H,8,13H2,1H3. The molecule has 5 nitrogen and oxygen atoms in total. The minimum atomic E-state index is -3.29. The summed E-state index contributed by atoms with van der Waals surface area (Å²) in [5.74, 6) is 0. The second kappa shape index (κ2) is 4.83. The smallest absolute Gasteiger partial charge is 0.175 e. The molecule has 0 aromatic carbocycles. The van der Waals surface area contributed by atoms with E-state index in [1.807, 2.05) is 6.07 Å². The monoisotopic (exact) mass is 263 g/mol. The van der Waals surface area contributed by atoms with E-state index in [1.54, 1.807) is 18.3 Å². The van der Waals surface area contributed by atoms with Gasteiger partial charge < -0.3 is 5.73 Å². The van der Waals surface area contributed by atoms with Gasteiger partial charge in [0, 0.05) is 19.0 Å². The Labute approximate surface area is 106 Å². The molecule has 0 aliphatic heterocycles. The number of aromatic nitrogens is 2. The van der Waals surface area contributed by atoms with Crippen molar-refractivity contribution in [3.8, 4) is 11.4 Å². The first-order valence-corrected chi connectivity index (χ1v) is 7.22. The average molecular weight is 263 g/mol. The van der Waals surface area contributed by atoms with Crippen LogP contribution >= 0.6 is 0 Å². The van der Waals surface area contributed by atoms with Crippen LogP contribution in [-0.4, -0.2) is 24.6 Å². The highest BCUT2D eigenvalue weighted by Crippen LogP contribution is 2.19. The van der Waals surface area contributed by atoms with Gasteiger partial charge in [-0.25, -0.2) is 13.4 Å². The van der Waals surface area contributed by atoms with Crippen LogP contribution < -0.4 is 5.73 Å². The number of hydrogen-bond acceptors (Lipinski definition) is 5. The summed E-state index contributed by atoms with van der Waals surface area (Å²) in [6, 6.07) is 8.38. The maximum absolute atomic E-state index is 11.6. The van der Waals surface area contributed by atoms with E-state index in [-0.39, 0.29) is 11.4 Å². The first-order valence-electron chi connectivity index (χ1n) is 5.33. The Kier molecular flexibility index (Phi) is 3.40. The topological polar surface area (TPSA) is 85.9 Å². The van der Waals surface area contributed by atoms with Crippen LogP contribution in [0.25, 0.3) is 11.4 Å². The molecule has 0 unspecified atom stereocenters. The molecule has 0 saturated heterocycles. The van der Waals surface area contributed by atoms with Crippen LogP contribution in [0.5, 0.6) is 0 Å². The molecule has 0 bridgehead atoms. The summed E-state index contributed by atoms with van der Waals surface area (Å²) >= 11 is 0. The highest BCUT2D eigenvalue weighted by atomic mass is 32.2. The highest BCUT2D eigenvalue weighted by molar-refractivity contribution is 7.90. The SMILES string of the molecule is CS(=O)(=O)c1cc(CN)nc(-c2ccccn2)c1. The molecule has 2 aromatic heterocycles. The van der Waals surface area contributed by atoms with Crippen molar-refractivity contribution in [1.82, 2.24) is 9.97 Å². The van der Waals surface area contributed by atoms with Gasteiger partial charge in [-0.3, -0.25) is 4.98 Å². The van der Waals surface area contributed by atoms with Gasteiger partial charge in [-0.05, 0) is 24.3 Å². The van der Waals surface area contributed by atoms with Crippen molar-refractivity contribution in [1.29, 1.82) is 0 Å². The van der Waals surface area contributed by atoms with Crippen LogP contribution in [0.3, 0.4) is 0 Å². The summed E-state index contributed by atoms with van der Waals surface area (Å²) in [5.41, 5.74) is 7.19. The molecule has 0 radical (unpaired) electrons. The summed E-state index contributed by atoms with van der Waals surface area (Å²) in [5, 5.41) is 0. The Bertz CT molecular complexity index is 654. The van der Waals surface area contributed by atoms with E-state index in [4.69, 9.17) is 5.73 Å². The summed E-state index contributed by atoms with van der Waals surface area (Å²) in [7, 11) is -3.29. The van der Waals surface area contributed by atoms with E-state index in [9.17, 15) is 8.42 Å². The largest absolute Gasteiger partial charge is 0.325 e. The van der Waals surface area contributed by atoms with Crippen molar-refractivity contribution < 1.29 is 8.42 Å². The zero-order valence-electron chi connectivity index (χ0n) is 9.87. The molecule has 94 valence electrons. The zero-order chi connectivity index (χ0) is 13.2. The second-order valence-corrected chi connectivity index (χ2v) is 5.89. The molecule has 2 aromatic rings. The molecule has 0 amide bonds. The fraction of sp³-hybridized carbons (Fsp3) is 0.167. The summed E-state index contributed by atoms with van der Waals surface area (Å²) in [6.45, 7) is 0.184. The molecule has 0 spiro atoms. The first-order chi connectivity index (χ1) is 8.50. The number of hydrogen-bond donors (Lipinski definition) is 1. The number of pyridine rings is 2. The number of rotatable bonds is 3. The lowest BCUT2D eigenvalue weighted by Gasteiger charge is -2.06. The second-order valence-electron chi connectivity index (χ2n) is 3.87. The Balaban J connectivity index is 2.62. The molecule has 0 fully saturated rings. The number of nitrogens with two attached hydrogens (primary N) is 1. The zero-order valence-corrected chi connectivity index (χ0v) is 10.7. The minimum absolute atomic E-state index is 0.184. The Hall–Kier alpha value is -1.79. The molecule has 0 atom stereocenters. The fourth-order valence-electron chi connectivity index (χ4n) is 1.52. The van der Waals surface area contributed by atoms with Crippen molar-refractivity contribution >= 4 is 9.84 Å². The van der Waals surface area contributed by atoms with Crippen LogP contribution in [0.1, 0.15) is 5.69 Å². The van der Waals surface area contributed by atoms with E-state index in [0.717, 1.165) is 6.26 Å². The van der Waals surface area contributed by atoms with Gasteiger partial charge in [-0.2, -0.15) is 0 Å². The van der Waals surface area contributed by atoms with Gasteiger partial charge in [-0.15, -0.1) is 0 Å². The van der Waals surface area contributed by atoms with Gasteiger partial charge in [0.05, 0.1) is 22.0 Å². The Morgan fingerprint density at radius 3 is 2.56 bits per heavy atom. The molecule has 2 N–H and O–H groups in total. The van der Waals surface area contributed by atoms with Crippen molar-refractivity contribution in [2.45, 2.75) is 11.4 Å². The third-order valence-corrected chi connectivity index (χ3v) is 3.51. The number of nitrogens with zero attached hydrogens (tertiary/aromatic N) is 2. The molecule has 2 heterocycles. The van der Waals surface area contributed by atoms with Crippen LogP contribution in [0.15, 0.2) is 41.4 Å². The first kappa shape index (κ1) is 12.7. The van der Waals surface area contributed by atoms with E-state index in [1.165, 1.54) is 12.1 Å². The molecule has 6 heteroatoms. The van der Waals surface area contributed by atoms with Crippen LogP contribution in [0.2, 0.25) is 0 Å². The lowest BCUT2D eigenvalue weighted by Crippen LogP contribution is -2.05. The molecule has 0 aliphatic carbocycles. The van der Waals surface area contributed by atoms with Crippen molar-refractivity contribution in [2.24, 2.45) is 5.73 Å². The summed E-state index contributed by atoms with van der Waals surface area (Å²) in [6.07, 6.45) is 2.79. The van der Waals surface area contributed by atoms with E-state index in [2.05, 4.69) is 9.97 Å². The van der Waals surface area contributed by atoms with Crippen LogP contribution in [0.4, 0.5) is 0 Å². The molecular formula is C12H13N3O2S. The van der Waals surface area contributed by atoms with Gasteiger partial charge in [0.2, 0.25) is 0 Å². The van der Waals surface area contributed by atoms with Crippen LogP contribution in [0, 0.1) is 0 Å². The van der Waals surface area contributed by atoms with E-state index >= 15 is 0 Å². The quantitative estimate of drug-likeness (QED) is 0.893. The summed E-state index contributed by atoms with van der Waals surface area (Å²) in [4.78, 5) is 8.64. The summed E-state index contributed by atoms with van der Waals surface area (Å²) < 4.78 is 23.2. The Morgan fingerprint density at radius 1 is 1.22 bits per heavy atom. The lowest BCUT2D eigenvalue weighted by molar-refractivity contribution is 0.601. The Morgan fingerprint density at radius 2 is 2.00 bits per heavy atom. The maximum atomic E-state index is 11.6. The third kappa shape index (κ3) is 2.72. The fourth-order valence-corrected chi connectivity index (χ4v) is 2.20. The average Bonchev–Trinajstić information content (AvgIpc) is 2.38. The van der Waals surface area contributed by atoms with Crippen LogP contribution in [-0.2, 0) is 16.4 Å². The van der Waals surface area contributed by atoms with Crippen molar-refractivity contribution in [2.75, 3.05) is 6.26 Å².